The zero-order chi connectivity index (χ0) is 17.0. The van der Waals surface area contributed by atoms with Crippen molar-refractivity contribution in [2.45, 2.75) is 56.0 Å². The minimum atomic E-state index is -0.864. The highest BCUT2D eigenvalue weighted by Gasteiger charge is 2.53. The van der Waals surface area contributed by atoms with Crippen LogP contribution >= 0.6 is 0 Å². The van der Waals surface area contributed by atoms with E-state index in [-0.39, 0.29) is 5.60 Å². The summed E-state index contributed by atoms with van der Waals surface area (Å²) in [6.07, 6.45) is 8.15. The van der Waals surface area contributed by atoms with Gasteiger partial charge in [-0.2, -0.15) is 5.26 Å². The normalized spacial score (nSPS) is 27.2. The van der Waals surface area contributed by atoms with Crippen molar-refractivity contribution in [3.8, 4) is 6.07 Å². The van der Waals surface area contributed by atoms with E-state index in [1.165, 1.54) is 7.11 Å². The first-order valence-electron chi connectivity index (χ1n) is 8.69. The number of aromatic nitrogens is 1. The molecular weight excluding hydrogens is 304 g/mol. The van der Waals surface area contributed by atoms with Gasteiger partial charge in [-0.25, -0.2) is 0 Å². The lowest BCUT2D eigenvalue weighted by Crippen LogP contribution is -2.46. The number of ether oxygens (including phenoxy) is 2. The van der Waals surface area contributed by atoms with Gasteiger partial charge in [0.25, 0.3) is 0 Å². The summed E-state index contributed by atoms with van der Waals surface area (Å²) >= 11 is 0. The highest BCUT2D eigenvalue weighted by atomic mass is 16.5. The van der Waals surface area contributed by atoms with Gasteiger partial charge < -0.3 is 9.47 Å². The number of nitrogens with zero attached hydrogens (tertiary/aromatic N) is 2. The molecule has 2 atom stereocenters. The number of carbonyl (C=O) groups is 1. The summed E-state index contributed by atoms with van der Waals surface area (Å²) in [5.74, 6) is -1.34. The number of hydrogen-bond donors (Lipinski definition) is 0. The third-order valence-electron chi connectivity index (χ3n) is 5.62. The molecule has 2 aliphatic rings. The Morgan fingerprint density at radius 2 is 2.12 bits per heavy atom. The third kappa shape index (κ3) is 2.91. The highest BCUT2D eigenvalue weighted by Crippen LogP contribution is 2.50. The van der Waals surface area contributed by atoms with Gasteiger partial charge in [-0.05, 0) is 44.2 Å². The minimum absolute atomic E-state index is 0.239. The lowest BCUT2D eigenvalue weighted by molar-refractivity contribution is -0.146. The predicted octanol–water partition coefficient (Wildman–Crippen LogP) is 3.15. The molecule has 5 heteroatoms. The summed E-state index contributed by atoms with van der Waals surface area (Å²) in [7, 11) is 1.34. The average molecular weight is 328 g/mol. The van der Waals surface area contributed by atoms with Crippen molar-refractivity contribution >= 4 is 5.97 Å². The van der Waals surface area contributed by atoms with E-state index in [4.69, 9.17) is 9.47 Å². The van der Waals surface area contributed by atoms with E-state index in [1.54, 1.807) is 6.20 Å². The van der Waals surface area contributed by atoms with E-state index in [2.05, 4.69) is 11.1 Å². The average Bonchev–Trinajstić information content (AvgIpc) is 2.98. The van der Waals surface area contributed by atoms with Crippen LogP contribution in [-0.2, 0) is 19.7 Å². The van der Waals surface area contributed by atoms with Crippen LogP contribution in [0, 0.1) is 17.2 Å². The summed E-state index contributed by atoms with van der Waals surface area (Å²) in [5.41, 5.74) is -0.0834. The van der Waals surface area contributed by atoms with Crippen LogP contribution in [0.3, 0.4) is 0 Å². The molecule has 5 nitrogen and oxygen atoms in total. The van der Waals surface area contributed by atoms with Crippen LogP contribution in [0.25, 0.3) is 0 Å². The smallest absolute Gasteiger partial charge is 0.324 e. The molecule has 1 saturated carbocycles. The van der Waals surface area contributed by atoms with E-state index >= 15 is 0 Å². The van der Waals surface area contributed by atoms with Crippen LogP contribution in [0.15, 0.2) is 24.4 Å². The van der Waals surface area contributed by atoms with Crippen LogP contribution in [0.1, 0.15) is 50.6 Å². The Hall–Kier alpha value is -1.93. The van der Waals surface area contributed by atoms with Crippen molar-refractivity contribution < 1.29 is 14.3 Å². The fraction of sp³-hybridized carbons (Fsp3) is 0.632. The van der Waals surface area contributed by atoms with E-state index in [0.717, 1.165) is 37.8 Å². The summed E-state index contributed by atoms with van der Waals surface area (Å²) in [5, 5.41) is 9.81. The molecule has 3 rings (SSSR count). The van der Waals surface area contributed by atoms with Gasteiger partial charge in [0.15, 0.2) is 5.92 Å². The number of methoxy groups -OCH3 is 1. The van der Waals surface area contributed by atoms with Gasteiger partial charge in [-0.3, -0.25) is 9.78 Å². The fourth-order valence-corrected chi connectivity index (χ4v) is 4.52. The molecule has 0 amide bonds. The topological polar surface area (TPSA) is 72.2 Å². The molecular formula is C19H24N2O3. The van der Waals surface area contributed by atoms with Gasteiger partial charge in [0.05, 0.1) is 18.8 Å². The molecule has 0 bridgehead atoms. The molecule has 1 aliphatic carbocycles. The Labute approximate surface area is 143 Å². The lowest BCUT2D eigenvalue weighted by Gasteiger charge is -2.40. The molecule has 2 heterocycles. The number of esters is 1. The van der Waals surface area contributed by atoms with Crippen LogP contribution in [0.2, 0.25) is 0 Å². The lowest BCUT2D eigenvalue weighted by atomic mass is 9.64. The number of rotatable bonds is 3. The molecule has 1 saturated heterocycles. The van der Waals surface area contributed by atoms with Gasteiger partial charge >= 0.3 is 5.97 Å². The molecule has 0 aromatic carbocycles. The zero-order valence-electron chi connectivity index (χ0n) is 14.2. The molecule has 1 aromatic heterocycles. The van der Waals surface area contributed by atoms with Crippen LogP contribution in [-0.4, -0.2) is 30.3 Å². The Morgan fingerprint density at radius 1 is 1.33 bits per heavy atom. The van der Waals surface area contributed by atoms with Crippen LogP contribution < -0.4 is 0 Å². The molecule has 0 radical (unpaired) electrons. The first kappa shape index (κ1) is 16.9. The summed E-state index contributed by atoms with van der Waals surface area (Å²) in [4.78, 5) is 17.0. The van der Waals surface area contributed by atoms with Crippen molar-refractivity contribution in [3.63, 3.8) is 0 Å². The fourth-order valence-electron chi connectivity index (χ4n) is 4.52. The largest absolute Gasteiger partial charge is 0.468 e. The van der Waals surface area contributed by atoms with Crippen molar-refractivity contribution in [2.24, 2.45) is 5.92 Å². The number of nitriles is 1. The first-order chi connectivity index (χ1) is 11.7. The molecule has 1 spiro atoms. The second kappa shape index (κ2) is 6.90. The second-order valence-electron chi connectivity index (χ2n) is 6.98. The Balaban J connectivity index is 2.10. The Morgan fingerprint density at radius 3 is 2.75 bits per heavy atom. The molecule has 128 valence electrons. The van der Waals surface area contributed by atoms with E-state index in [1.807, 2.05) is 18.2 Å². The van der Waals surface area contributed by atoms with E-state index in [9.17, 15) is 10.1 Å². The Bertz CT molecular complexity index is 619. The Kier molecular flexibility index (Phi) is 4.86. The van der Waals surface area contributed by atoms with Crippen molar-refractivity contribution in [3.05, 3.63) is 30.1 Å². The summed E-state index contributed by atoms with van der Waals surface area (Å²) in [6.45, 7) is 0.675. The van der Waals surface area contributed by atoms with Crippen molar-refractivity contribution in [1.29, 1.82) is 5.26 Å². The highest BCUT2D eigenvalue weighted by molar-refractivity contribution is 5.77. The standard InChI is InChI=1S/C19H24N2O3/c1-23-17(22)15(13-20)19(16-7-2-5-11-21-16)10-6-12-24-18(14-19)8-3-4-9-18/h2,5,7,11,15H,3-4,6,8-10,12,14H2,1H3. The quantitative estimate of drug-likeness (QED) is 0.797. The number of carbonyl (C=O) groups excluding carboxylic acids is 1. The maximum atomic E-state index is 12.4. The van der Waals surface area contributed by atoms with Gasteiger partial charge in [0, 0.05) is 23.9 Å². The SMILES string of the molecule is COC(=O)C(C#N)C1(c2ccccn2)CCCOC2(CCCC2)C1. The van der Waals surface area contributed by atoms with Gasteiger partial charge in [-0.1, -0.05) is 18.9 Å². The first-order valence-corrected chi connectivity index (χ1v) is 8.69. The monoisotopic (exact) mass is 328 g/mol. The molecule has 24 heavy (non-hydrogen) atoms. The maximum Gasteiger partial charge on any atom is 0.324 e. The summed E-state index contributed by atoms with van der Waals surface area (Å²) < 4.78 is 11.2. The maximum absolute atomic E-state index is 12.4. The van der Waals surface area contributed by atoms with E-state index < -0.39 is 17.3 Å². The summed E-state index contributed by atoms with van der Waals surface area (Å²) in [6, 6.07) is 7.93. The second-order valence-corrected chi connectivity index (χ2v) is 6.98. The molecule has 0 N–H and O–H groups in total. The molecule has 1 aliphatic heterocycles. The van der Waals surface area contributed by atoms with Crippen molar-refractivity contribution in [2.75, 3.05) is 13.7 Å². The van der Waals surface area contributed by atoms with Crippen LogP contribution in [0.4, 0.5) is 0 Å². The van der Waals surface area contributed by atoms with Gasteiger partial charge in [0.1, 0.15) is 0 Å². The van der Waals surface area contributed by atoms with Crippen molar-refractivity contribution in [1.82, 2.24) is 4.98 Å². The zero-order valence-corrected chi connectivity index (χ0v) is 14.2. The van der Waals surface area contributed by atoms with Gasteiger partial charge in [0.2, 0.25) is 0 Å². The molecule has 1 aromatic rings. The third-order valence-corrected chi connectivity index (χ3v) is 5.62. The number of hydrogen-bond acceptors (Lipinski definition) is 5. The van der Waals surface area contributed by atoms with Crippen LogP contribution in [0.5, 0.6) is 0 Å². The molecule has 2 fully saturated rings. The number of pyridine rings is 1. The minimum Gasteiger partial charge on any atom is -0.468 e. The van der Waals surface area contributed by atoms with E-state index in [0.29, 0.717) is 19.4 Å². The van der Waals surface area contributed by atoms with Gasteiger partial charge in [-0.15, -0.1) is 0 Å². The molecule has 2 unspecified atom stereocenters. The predicted molar refractivity (Wildman–Crippen MR) is 88.0 cm³/mol.